The topological polar surface area (TPSA) is 77.6 Å². The van der Waals surface area contributed by atoms with Crippen molar-refractivity contribution in [2.75, 3.05) is 20.5 Å². The molecular formula is C11H16N2O3. The van der Waals surface area contributed by atoms with Gasteiger partial charge in [-0.2, -0.15) is 0 Å². The highest BCUT2D eigenvalue weighted by molar-refractivity contribution is 5.95. The second kappa shape index (κ2) is 5.97. The van der Waals surface area contributed by atoms with E-state index < -0.39 is 0 Å². The average Bonchev–Trinajstić information content (AvgIpc) is 2.29. The van der Waals surface area contributed by atoms with Crippen molar-refractivity contribution in [3.05, 3.63) is 23.8 Å². The van der Waals surface area contributed by atoms with Crippen LogP contribution in [0, 0.1) is 5.41 Å². The molecule has 5 heteroatoms. The van der Waals surface area contributed by atoms with Crippen molar-refractivity contribution < 1.29 is 14.2 Å². The lowest BCUT2D eigenvalue weighted by Crippen LogP contribution is -2.11. The van der Waals surface area contributed by atoms with E-state index in [0.29, 0.717) is 23.7 Å². The minimum atomic E-state index is -0.00495. The molecule has 0 radical (unpaired) electrons. The number of nitrogen functional groups attached to an aromatic ring is 1. The molecule has 5 nitrogen and oxygen atoms in total. The van der Waals surface area contributed by atoms with Gasteiger partial charge in [0, 0.05) is 12.2 Å². The summed E-state index contributed by atoms with van der Waals surface area (Å²) in [5.74, 6) is 1.10. The minimum Gasteiger partial charge on any atom is -0.493 e. The van der Waals surface area contributed by atoms with Crippen LogP contribution in [0.4, 0.5) is 0 Å². The summed E-state index contributed by atoms with van der Waals surface area (Å²) in [7, 11) is 1.53. The lowest BCUT2D eigenvalue weighted by molar-refractivity contribution is 0.0209. The first-order valence-electron chi connectivity index (χ1n) is 4.92. The molecule has 0 aromatic heterocycles. The summed E-state index contributed by atoms with van der Waals surface area (Å²) in [6, 6.07) is 5.06. The molecule has 0 unspecified atom stereocenters. The average molecular weight is 224 g/mol. The normalized spacial score (nSPS) is 9.88. The molecule has 88 valence electrons. The summed E-state index contributed by atoms with van der Waals surface area (Å²) in [5.41, 5.74) is 5.97. The van der Waals surface area contributed by atoms with Crippen LogP contribution in [0.5, 0.6) is 11.5 Å². The first kappa shape index (κ1) is 12.3. The molecule has 0 aliphatic carbocycles. The Hall–Kier alpha value is -1.75. The van der Waals surface area contributed by atoms with Gasteiger partial charge >= 0.3 is 0 Å². The third kappa shape index (κ3) is 3.13. The Kier molecular flexibility index (Phi) is 4.60. The van der Waals surface area contributed by atoms with E-state index in [1.54, 1.807) is 18.2 Å². The highest BCUT2D eigenvalue weighted by Gasteiger charge is 2.06. The molecule has 0 amide bonds. The molecule has 0 saturated heterocycles. The Balaban J connectivity index is 2.80. The standard InChI is InChI=1S/C11H16N2O3/c1-3-15-7-16-9-5-4-8(11(12)13)6-10(9)14-2/h4-6H,3,7H2,1-2H3,(H3,12,13). The van der Waals surface area contributed by atoms with Crippen LogP contribution in [0.25, 0.3) is 0 Å². The molecule has 0 heterocycles. The van der Waals surface area contributed by atoms with Gasteiger partial charge in [-0.15, -0.1) is 0 Å². The number of amidine groups is 1. The monoisotopic (exact) mass is 224 g/mol. The first-order chi connectivity index (χ1) is 7.69. The van der Waals surface area contributed by atoms with E-state index in [9.17, 15) is 0 Å². The molecule has 0 fully saturated rings. The predicted octanol–water partition coefficient (Wildman–Crippen LogP) is 1.35. The van der Waals surface area contributed by atoms with Crippen molar-refractivity contribution in [2.24, 2.45) is 5.73 Å². The Bertz CT molecular complexity index is 366. The molecule has 1 aromatic carbocycles. The fraction of sp³-hybridized carbons (Fsp3) is 0.364. The van der Waals surface area contributed by atoms with Gasteiger partial charge in [-0.05, 0) is 25.1 Å². The van der Waals surface area contributed by atoms with Crippen LogP contribution < -0.4 is 15.2 Å². The molecule has 0 spiro atoms. The Morgan fingerprint density at radius 3 is 2.69 bits per heavy atom. The van der Waals surface area contributed by atoms with Crippen LogP contribution in [0.1, 0.15) is 12.5 Å². The van der Waals surface area contributed by atoms with E-state index in [1.807, 2.05) is 6.92 Å². The van der Waals surface area contributed by atoms with Crippen LogP contribution in [0.2, 0.25) is 0 Å². The lowest BCUT2D eigenvalue weighted by atomic mass is 10.2. The molecular weight excluding hydrogens is 208 g/mol. The van der Waals surface area contributed by atoms with Crippen LogP contribution >= 0.6 is 0 Å². The molecule has 16 heavy (non-hydrogen) atoms. The Labute approximate surface area is 94.6 Å². The van der Waals surface area contributed by atoms with Gasteiger partial charge in [0.15, 0.2) is 18.3 Å². The lowest BCUT2D eigenvalue weighted by Gasteiger charge is -2.11. The van der Waals surface area contributed by atoms with Gasteiger partial charge in [-0.3, -0.25) is 5.41 Å². The maximum Gasteiger partial charge on any atom is 0.189 e. The molecule has 3 N–H and O–H groups in total. The number of rotatable bonds is 6. The largest absolute Gasteiger partial charge is 0.493 e. The van der Waals surface area contributed by atoms with Crippen molar-refractivity contribution in [1.82, 2.24) is 0 Å². The SMILES string of the molecule is CCOCOc1ccc(C(=N)N)cc1OC. The van der Waals surface area contributed by atoms with E-state index in [2.05, 4.69) is 0 Å². The number of hydrogen-bond donors (Lipinski definition) is 2. The maximum atomic E-state index is 7.30. The third-order valence-electron chi connectivity index (χ3n) is 1.98. The second-order valence-electron chi connectivity index (χ2n) is 3.03. The number of nitrogens with one attached hydrogen (secondary N) is 1. The Morgan fingerprint density at radius 2 is 2.12 bits per heavy atom. The zero-order valence-electron chi connectivity index (χ0n) is 9.45. The van der Waals surface area contributed by atoms with E-state index in [-0.39, 0.29) is 12.6 Å². The molecule has 1 aromatic rings. The number of hydrogen-bond acceptors (Lipinski definition) is 4. The summed E-state index contributed by atoms with van der Waals surface area (Å²) in [6.45, 7) is 2.65. The molecule has 0 aliphatic rings. The second-order valence-corrected chi connectivity index (χ2v) is 3.03. The number of benzene rings is 1. The van der Waals surface area contributed by atoms with Gasteiger partial charge in [0.2, 0.25) is 0 Å². The third-order valence-corrected chi connectivity index (χ3v) is 1.98. The van der Waals surface area contributed by atoms with E-state index >= 15 is 0 Å². The maximum absolute atomic E-state index is 7.30. The van der Waals surface area contributed by atoms with Crippen LogP contribution in [-0.2, 0) is 4.74 Å². The summed E-state index contributed by atoms with van der Waals surface area (Å²) in [4.78, 5) is 0. The van der Waals surface area contributed by atoms with Gasteiger partial charge in [0.05, 0.1) is 7.11 Å². The minimum absolute atomic E-state index is 0.00495. The zero-order valence-corrected chi connectivity index (χ0v) is 9.45. The summed E-state index contributed by atoms with van der Waals surface area (Å²) in [5, 5.41) is 7.30. The predicted molar refractivity (Wildman–Crippen MR) is 61.1 cm³/mol. The van der Waals surface area contributed by atoms with E-state index in [1.165, 1.54) is 7.11 Å². The smallest absolute Gasteiger partial charge is 0.189 e. The van der Waals surface area contributed by atoms with Gasteiger partial charge in [0.1, 0.15) is 5.84 Å². The van der Waals surface area contributed by atoms with Crippen molar-refractivity contribution in [1.29, 1.82) is 5.41 Å². The molecule has 0 bridgehead atoms. The van der Waals surface area contributed by atoms with Crippen LogP contribution in [0.3, 0.4) is 0 Å². The number of methoxy groups -OCH3 is 1. The molecule has 1 rings (SSSR count). The van der Waals surface area contributed by atoms with Crippen LogP contribution in [-0.4, -0.2) is 26.3 Å². The van der Waals surface area contributed by atoms with E-state index in [4.69, 9.17) is 25.4 Å². The highest BCUT2D eigenvalue weighted by atomic mass is 16.7. The molecule has 0 aliphatic heterocycles. The summed E-state index contributed by atoms with van der Waals surface area (Å²) >= 11 is 0. The summed E-state index contributed by atoms with van der Waals surface area (Å²) < 4.78 is 15.5. The van der Waals surface area contributed by atoms with Gasteiger partial charge in [-0.25, -0.2) is 0 Å². The van der Waals surface area contributed by atoms with Crippen LogP contribution in [0.15, 0.2) is 18.2 Å². The quantitative estimate of drug-likeness (QED) is 0.331. The van der Waals surface area contributed by atoms with Crippen molar-refractivity contribution in [3.8, 4) is 11.5 Å². The van der Waals surface area contributed by atoms with Crippen molar-refractivity contribution in [3.63, 3.8) is 0 Å². The molecule has 0 atom stereocenters. The number of ether oxygens (including phenoxy) is 3. The fourth-order valence-electron chi connectivity index (χ4n) is 1.14. The highest BCUT2D eigenvalue weighted by Crippen LogP contribution is 2.27. The van der Waals surface area contributed by atoms with Crippen molar-refractivity contribution >= 4 is 5.84 Å². The first-order valence-corrected chi connectivity index (χ1v) is 4.92. The van der Waals surface area contributed by atoms with Gasteiger partial charge < -0.3 is 19.9 Å². The van der Waals surface area contributed by atoms with E-state index in [0.717, 1.165) is 0 Å². The summed E-state index contributed by atoms with van der Waals surface area (Å²) in [6.07, 6.45) is 0. The van der Waals surface area contributed by atoms with Crippen molar-refractivity contribution in [2.45, 2.75) is 6.92 Å². The Morgan fingerprint density at radius 1 is 1.38 bits per heavy atom. The zero-order chi connectivity index (χ0) is 12.0. The van der Waals surface area contributed by atoms with Gasteiger partial charge in [-0.1, -0.05) is 0 Å². The fourth-order valence-corrected chi connectivity index (χ4v) is 1.14. The van der Waals surface area contributed by atoms with Gasteiger partial charge in [0.25, 0.3) is 0 Å². The molecule has 0 saturated carbocycles. The number of nitrogens with two attached hydrogens (primary N) is 1.